The zero-order valence-electron chi connectivity index (χ0n) is 16.0. The largest absolute Gasteiger partial charge is 0.451 e. The Morgan fingerprint density at radius 3 is 2.82 bits per heavy atom. The maximum Gasteiger partial charge on any atom is 0.348 e. The van der Waals surface area contributed by atoms with Gasteiger partial charge in [0, 0.05) is 16.5 Å². The van der Waals surface area contributed by atoms with Gasteiger partial charge in [-0.05, 0) is 38.0 Å². The molecule has 0 saturated heterocycles. The lowest BCUT2D eigenvalue weighted by Crippen LogP contribution is -2.35. The van der Waals surface area contributed by atoms with Gasteiger partial charge in [-0.15, -0.1) is 11.3 Å². The number of aromatic nitrogens is 2. The Hall–Kier alpha value is -2.38. The molecule has 3 rings (SSSR count). The van der Waals surface area contributed by atoms with E-state index in [1.807, 2.05) is 49.7 Å². The van der Waals surface area contributed by atoms with Gasteiger partial charge >= 0.3 is 5.97 Å². The fourth-order valence-corrected chi connectivity index (χ4v) is 3.98. The number of hydrogen-bond acceptors (Lipinski definition) is 5. The van der Waals surface area contributed by atoms with E-state index < -0.39 is 5.97 Å². The first kappa shape index (κ1) is 20.4. The molecule has 0 spiro atoms. The van der Waals surface area contributed by atoms with Gasteiger partial charge in [0.05, 0.1) is 12.2 Å². The molecule has 0 saturated carbocycles. The van der Waals surface area contributed by atoms with Crippen LogP contribution in [0.4, 0.5) is 0 Å². The molecule has 1 N–H and O–H groups in total. The van der Waals surface area contributed by atoms with Crippen molar-refractivity contribution in [1.29, 1.82) is 0 Å². The van der Waals surface area contributed by atoms with Gasteiger partial charge in [-0.25, -0.2) is 4.79 Å². The van der Waals surface area contributed by atoms with E-state index in [-0.39, 0.29) is 18.6 Å². The number of hydrogen-bond donors (Lipinski definition) is 1. The highest BCUT2D eigenvalue weighted by molar-refractivity contribution is 7.20. The number of benzene rings is 1. The molecular weight excluding hydrogens is 398 g/mol. The van der Waals surface area contributed by atoms with Crippen LogP contribution in [-0.2, 0) is 16.1 Å². The monoisotopic (exact) mass is 419 g/mol. The number of nitrogens with zero attached hydrogens (tertiary/aromatic N) is 2. The molecule has 0 aliphatic heterocycles. The molecule has 0 radical (unpaired) electrons. The van der Waals surface area contributed by atoms with Crippen LogP contribution in [0, 0.1) is 6.92 Å². The molecule has 0 aliphatic carbocycles. The van der Waals surface area contributed by atoms with E-state index in [0.717, 1.165) is 27.9 Å². The van der Waals surface area contributed by atoms with E-state index in [2.05, 4.69) is 10.4 Å². The van der Waals surface area contributed by atoms with Crippen molar-refractivity contribution in [3.8, 4) is 0 Å². The number of rotatable bonds is 7. The average molecular weight is 420 g/mol. The zero-order chi connectivity index (χ0) is 20.3. The maximum atomic E-state index is 12.4. The summed E-state index contributed by atoms with van der Waals surface area (Å²) in [6, 6.07) is 9.41. The van der Waals surface area contributed by atoms with E-state index in [1.54, 1.807) is 6.07 Å². The summed E-state index contributed by atoms with van der Waals surface area (Å²) in [6.07, 6.45) is 0.817. The molecule has 8 heteroatoms. The highest BCUT2D eigenvalue weighted by Gasteiger charge is 2.19. The normalized spacial score (nSPS) is 12.1. The van der Waals surface area contributed by atoms with Crippen LogP contribution in [0.5, 0.6) is 0 Å². The number of ether oxygens (including phenoxy) is 1. The van der Waals surface area contributed by atoms with E-state index in [4.69, 9.17) is 16.3 Å². The van der Waals surface area contributed by atoms with Crippen molar-refractivity contribution in [2.24, 2.45) is 0 Å². The molecule has 2 aromatic heterocycles. The minimum absolute atomic E-state index is 0.0500. The summed E-state index contributed by atoms with van der Waals surface area (Å²) in [5.74, 6) is -0.811. The fourth-order valence-electron chi connectivity index (χ4n) is 2.73. The molecule has 3 aromatic rings. The summed E-state index contributed by atoms with van der Waals surface area (Å²) < 4.78 is 7.00. The summed E-state index contributed by atoms with van der Waals surface area (Å²) >= 11 is 7.55. The number of carbonyl (C=O) groups is 2. The van der Waals surface area contributed by atoms with Crippen molar-refractivity contribution < 1.29 is 14.3 Å². The van der Waals surface area contributed by atoms with Crippen LogP contribution in [0.2, 0.25) is 5.02 Å². The summed E-state index contributed by atoms with van der Waals surface area (Å²) in [6.45, 7) is 5.99. The smallest absolute Gasteiger partial charge is 0.348 e. The summed E-state index contributed by atoms with van der Waals surface area (Å²) in [7, 11) is 0. The molecule has 148 valence electrons. The Bertz CT molecular complexity index is 1010. The average Bonchev–Trinajstić information content (AvgIpc) is 3.23. The second-order valence-corrected chi connectivity index (χ2v) is 8.05. The van der Waals surface area contributed by atoms with Crippen molar-refractivity contribution in [2.45, 2.75) is 39.8 Å². The first-order valence-corrected chi connectivity index (χ1v) is 10.2. The molecular formula is C20H22ClN3O3S. The van der Waals surface area contributed by atoms with Crippen molar-refractivity contribution >= 4 is 45.0 Å². The van der Waals surface area contributed by atoms with Gasteiger partial charge in [0.25, 0.3) is 5.91 Å². The highest BCUT2D eigenvalue weighted by Crippen LogP contribution is 2.30. The third-order valence-electron chi connectivity index (χ3n) is 4.44. The van der Waals surface area contributed by atoms with Crippen LogP contribution in [0.1, 0.15) is 41.2 Å². The van der Waals surface area contributed by atoms with Crippen molar-refractivity contribution in [1.82, 2.24) is 15.1 Å². The van der Waals surface area contributed by atoms with Crippen LogP contribution >= 0.6 is 22.9 Å². The third kappa shape index (κ3) is 4.54. The molecule has 1 atom stereocenters. The second-order valence-electron chi connectivity index (χ2n) is 6.62. The number of aryl methyl sites for hydroxylation is 1. The Kier molecular flexibility index (Phi) is 6.36. The van der Waals surface area contributed by atoms with Crippen LogP contribution in [0.25, 0.3) is 10.2 Å². The number of esters is 1. The maximum absolute atomic E-state index is 12.4. The number of fused-ring (bicyclic) bond motifs is 1. The van der Waals surface area contributed by atoms with Crippen molar-refractivity contribution in [3.05, 3.63) is 51.5 Å². The number of amides is 1. The summed E-state index contributed by atoms with van der Waals surface area (Å²) in [5.41, 5.74) is 1.78. The van der Waals surface area contributed by atoms with Crippen LogP contribution in [-0.4, -0.2) is 34.3 Å². The van der Waals surface area contributed by atoms with Gasteiger partial charge in [0.15, 0.2) is 6.61 Å². The first-order valence-electron chi connectivity index (χ1n) is 9.05. The molecule has 0 aliphatic rings. The van der Waals surface area contributed by atoms with Crippen molar-refractivity contribution in [2.75, 3.05) is 6.61 Å². The predicted molar refractivity (Wildman–Crippen MR) is 111 cm³/mol. The Balaban J connectivity index is 1.74. The summed E-state index contributed by atoms with van der Waals surface area (Å²) in [5, 5.41) is 8.89. The quantitative estimate of drug-likeness (QED) is 0.583. The van der Waals surface area contributed by atoms with Gasteiger partial charge < -0.3 is 10.1 Å². The van der Waals surface area contributed by atoms with E-state index in [9.17, 15) is 9.59 Å². The lowest BCUT2D eigenvalue weighted by atomic mass is 10.2. The SMILES string of the molecule is CCC(C)NC(=O)COC(=O)c1cc2c(C)nn(Cc3ccccc3Cl)c2s1. The van der Waals surface area contributed by atoms with E-state index >= 15 is 0 Å². The molecule has 0 fully saturated rings. The summed E-state index contributed by atoms with van der Waals surface area (Å²) in [4.78, 5) is 25.5. The van der Waals surface area contributed by atoms with Gasteiger partial charge in [0.2, 0.25) is 0 Å². The molecule has 28 heavy (non-hydrogen) atoms. The van der Waals surface area contributed by atoms with Crippen molar-refractivity contribution in [3.63, 3.8) is 0 Å². The topological polar surface area (TPSA) is 73.2 Å². The minimum atomic E-state index is -0.510. The standard InChI is InChI=1S/C20H22ClN3O3S/c1-4-12(2)22-18(25)11-27-20(26)17-9-15-13(3)23-24(19(15)28-17)10-14-7-5-6-8-16(14)21/h5-9,12H,4,10-11H2,1-3H3,(H,22,25). The molecule has 2 heterocycles. The molecule has 0 bridgehead atoms. The number of nitrogens with one attached hydrogen (secondary N) is 1. The van der Waals surface area contributed by atoms with E-state index in [1.165, 1.54) is 11.3 Å². The molecule has 1 aromatic carbocycles. The molecule has 6 nitrogen and oxygen atoms in total. The van der Waals surface area contributed by atoms with Crippen LogP contribution < -0.4 is 5.32 Å². The predicted octanol–water partition coefficient (Wildman–Crippen LogP) is 4.18. The highest BCUT2D eigenvalue weighted by atomic mass is 35.5. The fraction of sp³-hybridized carbons (Fsp3) is 0.350. The Labute approximate surface area is 172 Å². The van der Waals surface area contributed by atoms with Gasteiger partial charge in [-0.2, -0.15) is 5.10 Å². The number of halogens is 1. The van der Waals surface area contributed by atoms with E-state index in [0.29, 0.717) is 16.4 Å². The Morgan fingerprint density at radius 1 is 1.36 bits per heavy atom. The zero-order valence-corrected chi connectivity index (χ0v) is 17.6. The Morgan fingerprint density at radius 2 is 2.11 bits per heavy atom. The lowest BCUT2D eigenvalue weighted by molar-refractivity contribution is -0.124. The van der Waals surface area contributed by atoms with Gasteiger partial charge in [-0.1, -0.05) is 36.7 Å². The molecule has 1 amide bonds. The van der Waals surface area contributed by atoms with Gasteiger partial charge in [0.1, 0.15) is 9.71 Å². The second kappa shape index (κ2) is 8.75. The first-order chi connectivity index (χ1) is 13.4. The lowest BCUT2D eigenvalue weighted by Gasteiger charge is -2.11. The van der Waals surface area contributed by atoms with Crippen LogP contribution in [0.3, 0.4) is 0 Å². The minimum Gasteiger partial charge on any atom is -0.451 e. The third-order valence-corrected chi connectivity index (χ3v) is 5.94. The molecule has 1 unspecified atom stereocenters. The van der Waals surface area contributed by atoms with Crippen LogP contribution in [0.15, 0.2) is 30.3 Å². The number of carbonyl (C=O) groups excluding carboxylic acids is 2. The van der Waals surface area contributed by atoms with Gasteiger partial charge in [-0.3, -0.25) is 9.48 Å². The number of thiophene rings is 1.